The van der Waals surface area contributed by atoms with Crippen LogP contribution in [0.4, 0.5) is 5.82 Å². The van der Waals surface area contributed by atoms with Crippen LogP contribution < -0.4 is 4.90 Å². The Labute approximate surface area is 161 Å². The first-order valence-electron chi connectivity index (χ1n) is 9.19. The zero-order valence-corrected chi connectivity index (χ0v) is 16.4. The molecule has 0 spiro atoms. The van der Waals surface area contributed by atoms with Crippen molar-refractivity contribution in [3.8, 4) is 11.3 Å². The van der Waals surface area contributed by atoms with Gasteiger partial charge in [-0.25, -0.2) is 14.5 Å². The number of anilines is 1. The van der Waals surface area contributed by atoms with E-state index in [2.05, 4.69) is 46.9 Å². The Balaban J connectivity index is 1.58. The van der Waals surface area contributed by atoms with E-state index >= 15 is 0 Å². The quantitative estimate of drug-likeness (QED) is 0.528. The monoisotopic (exact) mass is 379 g/mol. The minimum atomic E-state index is 0.200. The molecule has 0 radical (unpaired) electrons. The molecule has 0 unspecified atom stereocenters. The zero-order chi connectivity index (χ0) is 18.5. The zero-order valence-electron chi connectivity index (χ0n) is 15.6. The minimum absolute atomic E-state index is 0.200. The number of ether oxygens (including phenoxy) is 1. The molecule has 2 atom stereocenters. The number of rotatable bonds is 2. The van der Waals surface area contributed by atoms with Crippen molar-refractivity contribution < 1.29 is 4.74 Å². The summed E-state index contributed by atoms with van der Waals surface area (Å²) in [7, 11) is 0. The van der Waals surface area contributed by atoms with E-state index in [1.54, 1.807) is 11.3 Å². The molecule has 0 N–H and O–H groups in total. The number of aryl methyl sites for hydroxylation is 1. The van der Waals surface area contributed by atoms with Gasteiger partial charge >= 0.3 is 0 Å². The van der Waals surface area contributed by atoms with Gasteiger partial charge in [0.15, 0.2) is 5.65 Å². The second-order valence-corrected chi connectivity index (χ2v) is 8.42. The van der Waals surface area contributed by atoms with Crippen molar-refractivity contribution in [2.75, 3.05) is 18.0 Å². The second kappa shape index (κ2) is 6.28. The van der Waals surface area contributed by atoms with Crippen molar-refractivity contribution in [1.29, 1.82) is 0 Å². The first kappa shape index (κ1) is 16.6. The van der Waals surface area contributed by atoms with E-state index in [-0.39, 0.29) is 12.2 Å². The Morgan fingerprint density at radius 1 is 1.11 bits per heavy atom. The third-order valence-electron chi connectivity index (χ3n) is 4.88. The van der Waals surface area contributed by atoms with Crippen LogP contribution in [0.5, 0.6) is 0 Å². The lowest BCUT2D eigenvalue weighted by Crippen LogP contribution is -2.46. The van der Waals surface area contributed by atoms with Crippen LogP contribution in [-0.4, -0.2) is 44.9 Å². The lowest BCUT2D eigenvalue weighted by molar-refractivity contribution is -0.00551. The van der Waals surface area contributed by atoms with Gasteiger partial charge in [-0.15, -0.1) is 16.4 Å². The van der Waals surface area contributed by atoms with Crippen molar-refractivity contribution >= 4 is 33.0 Å². The Morgan fingerprint density at radius 2 is 1.93 bits per heavy atom. The summed E-state index contributed by atoms with van der Waals surface area (Å²) in [6, 6.07) is 10.4. The largest absolute Gasteiger partial charge is 0.372 e. The molecule has 3 aromatic heterocycles. The highest BCUT2D eigenvalue weighted by atomic mass is 32.1. The number of fused-ring (bicyclic) bond motifs is 2. The third kappa shape index (κ3) is 2.96. The average molecular weight is 379 g/mol. The van der Waals surface area contributed by atoms with E-state index < -0.39 is 0 Å². The summed E-state index contributed by atoms with van der Waals surface area (Å²) in [5, 5.41) is 5.98. The molecule has 0 amide bonds. The van der Waals surface area contributed by atoms with Crippen molar-refractivity contribution in [2.24, 2.45) is 0 Å². The van der Waals surface area contributed by atoms with Gasteiger partial charge in [-0.3, -0.25) is 0 Å². The molecule has 1 fully saturated rings. The maximum absolute atomic E-state index is 5.85. The summed E-state index contributed by atoms with van der Waals surface area (Å²) in [6.45, 7) is 7.95. The SMILES string of the molecule is Cc1nc2ccc(-c3cnc4ccc(N5C[C@@H](C)O[C@@H](C)C5)nn34)cc2s1. The molecule has 1 aliphatic rings. The van der Waals surface area contributed by atoms with Crippen molar-refractivity contribution in [3.05, 3.63) is 41.5 Å². The Morgan fingerprint density at radius 3 is 2.74 bits per heavy atom. The van der Waals surface area contributed by atoms with Crippen LogP contribution in [0.1, 0.15) is 18.9 Å². The highest BCUT2D eigenvalue weighted by molar-refractivity contribution is 7.18. The molecule has 0 aliphatic carbocycles. The number of hydrogen-bond donors (Lipinski definition) is 0. The van der Waals surface area contributed by atoms with Gasteiger partial charge in [-0.1, -0.05) is 6.07 Å². The molecule has 0 saturated carbocycles. The molecule has 0 bridgehead atoms. The van der Waals surface area contributed by atoms with E-state index in [4.69, 9.17) is 9.84 Å². The molecular formula is C20H21N5OS. The molecule has 27 heavy (non-hydrogen) atoms. The predicted octanol–water partition coefficient (Wildman–Crippen LogP) is 3.93. The van der Waals surface area contributed by atoms with Gasteiger partial charge in [-0.2, -0.15) is 0 Å². The standard InChI is InChI=1S/C20H21N5OS/c1-12-10-24(11-13(2)26-12)20-7-6-19-21-9-17(25(19)23-20)15-4-5-16-18(8-15)27-14(3)22-16/h4-9,12-13H,10-11H2,1-3H3/t12-,13+. The normalized spacial score (nSPS) is 20.6. The van der Waals surface area contributed by atoms with E-state index in [1.165, 1.54) is 4.70 Å². The maximum atomic E-state index is 5.85. The fraction of sp³-hybridized carbons (Fsp3) is 0.350. The molecular weight excluding hydrogens is 358 g/mol. The predicted molar refractivity (Wildman–Crippen MR) is 109 cm³/mol. The summed E-state index contributed by atoms with van der Waals surface area (Å²) in [5.74, 6) is 0.957. The Kier molecular flexibility index (Phi) is 3.87. The lowest BCUT2D eigenvalue weighted by Gasteiger charge is -2.35. The summed E-state index contributed by atoms with van der Waals surface area (Å²) in [6.07, 6.45) is 2.29. The van der Waals surface area contributed by atoms with Crippen LogP contribution in [0.2, 0.25) is 0 Å². The Bertz CT molecular complexity index is 1120. The summed E-state index contributed by atoms with van der Waals surface area (Å²) in [4.78, 5) is 11.4. The summed E-state index contributed by atoms with van der Waals surface area (Å²) < 4.78 is 8.98. The number of aromatic nitrogens is 4. The summed E-state index contributed by atoms with van der Waals surface area (Å²) in [5.41, 5.74) is 3.99. The number of thiazole rings is 1. The highest BCUT2D eigenvalue weighted by Gasteiger charge is 2.23. The fourth-order valence-corrected chi connectivity index (χ4v) is 4.66. The van der Waals surface area contributed by atoms with E-state index in [1.807, 2.05) is 29.8 Å². The fourth-order valence-electron chi connectivity index (χ4n) is 3.79. The van der Waals surface area contributed by atoms with E-state index in [0.717, 1.165) is 46.3 Å². The van der Waals surface area contributed by atoms with Crippen LogP contribution in [0.3, 0.4) is 0 Å². The van der Waals surface area contributed by atoms with Crippen molar-refractivity contribution in [3.63, 3.8) is 0 Å². The lowest BCUT2D eigenvalue weighted by atomic mass is 10.1. The number of nitrogens with zero attached hydrogens (tertiary/aromatic N) is 5. The van der Waals surface area contributed by atoms with Gasteiger partial charge in [0.25, 0.3) is 0 Å². The molecule has 5 rings (SSSR count). The molecule has 1 saturated heterocycles. The summed E-state index contributed by atoms with van der Waals surface area (Å²) >= 11 is 1.71. The molecule has 1 aliphatic heterocycles. The van der Waals surface area contributed by atoms with Crippen LogP contribution >= 0.6 is 11.3 Å². The molecule has 4 heterocycles. The molecule has 7 heteroatoms. The highest BCUT2D eigenvalue weighted by Crippen LogP contribution is 2.29. The van der Waals surface area contributed by atoms with Crippen molar-refractivity contribution in [1.82, 2.24) is 19.6 Å². The van der Waals surface area contributed by atoms with Gasteiger partial charge in [-0.05, 0) is 45.0 Å². The topological polar surface area (TPSA) is 55.5 Å². The Hall–Kier alpha value is -2.51. The number of imidazole rings is 1. The van der Waals surface area contributed by atoms with Crippen LogP contribution in [0.25, 0.3) is 27.1 Å². The van der Waals surface area contributed by atoms with Gasteiger partial charge in [0, 0.05) is 18.7 Å². The van der Waals surface area contributed by atoms with Crippen LogP contribution in [-0.2, 0) is 4.74 Å². The van der Waals surface area contributed by atoms with E-state index in [0.29, 0.717) is 0 Å². The first-order chi connectivity index (χ1) is 13.1. The van der Waals surface area contributed by atoms with Gasteiger partial charge in [0.05, 0.1) is 39.3 Å². The van der Waals surface area contributed by atoms with E-state index in [9.17, 15) is 0 Å². The van der Waals surface area contributed by atoms with Gasteiger partial charge in [0.1, 0.15) is 5.82 Å². The number of hydrogen-bond acceptors (Lipinski definition) is 6. The molecule has 4 aromatic rings. The van der Waals surface area contributed by atoms with Gasteiger partial charge < -0.3 is 9.64 Å². The first-order valence-corrected chi connectivity index (χ1v) is 10.0. The molecule has 6 nitrogen and oxygen atoms in total. The van der Waals surface area contributed by atoms with Crippen LogP contribution in [0.15, 0.2) is 36.5 Å². The number of morpholine rings is 1. The average Bonchev–Trinajstić information content (AvgIpc) is 3.21. The third-order valence-corrected chi connectivity index (χ3v) is 5.82. The van der Waals surface area contributed by atoms with Crippen LogP contribution in [0, 0.1) is 6.92 Å². The van der Waals surface area contributed by atoms with Gasteiger partial charge in [0.2, 0.25) is 0 Å². The smallest absolute Gasteiger partial charge is 0.154 e. The van der Waals surface area contributed by atoms with Crippen molar-refractivity contribution in [2.45, 2.75) is 33.0 Å². The minimum Gasteiger partial charge on any atom is -0.372 e. The number of benzene rings is 1. The molecule has 138 valence electrons. The maximum Gasteiger partial charge on any atom is 0.154 e. The second-order valence-electron chi connectivity index (χ2n) is 7.18. The molecule has 1 aromatic carbocycles.